The van der Waals surface area contributed by atoms with Gasteiger partial charge in [0.25, 0.3) is 5.60 Å². The lowest BCUT2D eigenvalue weighted by Crippen LogP contribution is -2.46. The molecule has 1 rings (SSSR count). The average molecular weight is 529 g/mol. The van der Waals surface area contributed by atoms with Crippen molar-refractivity contribution in [1.82, 2.24) is 0 Å². The van der Waals surface area contributed by atoms with Gasteiger partial charge in [-0.2, -0.15) is 0 Å². The SMILES string of the molecule is CCOC(=O)C(C)(C#C[Si](C(C)C)(C(C)C)C(C)C)OC(=O)c1ccccc1I. The number of esters is 2. The first-order valence-electron chi connectivity index (χ1n) is 10.1. The molecule has 0 heterocycles. The summed E-state index contributed by atoms with van der Waals surface area (Å²) < 4.78 is 11.7. The smallest absolute Gasteiger partial charge is 0.363 e. The molecule has 0 spiro atoms. The van der Waals surface area contributed by atoms with Crippen LogP contribution in [0.4, 0.5) is 0 Å². The quantitative estimate of drug-likeness (QED) is 0.189. The van der Waals surface area contributed by atoms with E-state index in [1.54, 1.807) is 19.1 Å². The lowest BCUT2D eigenvalue weighted by Gasteiger charge is -2.38. The minimum atomic E-state index is -2.11. The van der Waals surface area contributed by atoms with Crippen LogP contribution < -0.4 is 0 Å². The molecular weight excluding hydrogens is 495 g/mol. The molecule has 1 atom stereocenters. The maximum absolute atomic E-state index is 12.8. The molecule has 0 amide bonds. The monoisotopic (exact) mass is 528 g/mol. The fourth-order valence-electron chi connectivity index (χ4n) is 3.91. The van der Waals surface area contributed by atoms with Gasteiger partial charge in [0.1, 0.15) is 8.07 Å². The molecule has 160 valence electrons. The van der Waals surface area contributed by atoms with E-state index in [0.717, 1.165) is 3.57 Å². The van der Waals surface area contributed by atoms with Gasteiger partial charge in [0.2, 0.25) is 0 Å². The van der Waals surface area contributed by atoms with Gasteiger partial charge in [-0.05, 0) is 65.2 Å². The number of hydrogen-bond donors (Lipinski definition) is 0. The van der Waals surface area contributed by atoms with E-state index < -0.39 is 25.6 Å². The maximum atomic E-state index is 12.8. The van der Waals surface area contributed by atoms with Crippen molar-refractivity contribution in [2.24, 2.45) is 0 Å². The van der Waals surface area contributed by atoms with E-state index in [2.05, 4.69) is 75.6 Å². The van der Waals surface area contributed by atoms with E-state index in [0.29, 0.717) is 22.2 Å². The van der Waals surface area contributed by atoms with Crippen LogP contribution in [-0.2, 0) is 14.3 Å². The van der Waals surface area contributed by atoms with Crippen LogP contribution >= 0.6 is 22.6 Å². The maximum Gasteiger partial charge on any atom is 0.363 e. The standard InChI is InChI=1S/C23H33IO4Si/c1-9-27-22(26)23(8,28-21(25)19-12-10-11-13-20(19)24)14-15-29(16(2)3,17(4)5)18(6)7/h10-13,16-18H,9H2,1-8H3. The van der Waals surface area contributed by atoms with Crippen LogP contribution in [-0.4, -0.2) is 32.2 Å². The molecule has 0 saturated heterocycles. The van der Waals surface area contributed by atoms with Crippen molar-refractivity contribution in [3.8, 4) is 11.5 Å². The molecule has 1 unspecified atom stereocenters. The molecule has 0 aliphatic heterocycles. The highest BCUT2D eigenvalue weighted by atomic mass is 127. The normalized spacial score (nSPS) is 13.7. The Morgan fingerprint density at radius 1 is 1.07 bits per heavy atom. The molecule has 0 saturated carbocycles. The van der Waals surface area contributed by atoms with E-state index in [9.17, 15) is 9.59 Å². The van der Waals surface area contributed by atoms with E-state index in [1.807, 2.05) is 12.1 Å². The first-order valence-corrected chi connectivity index (χ1v) is 13.4. The Bertz CT molecular complexity index is 770. The fourth-order valence-corrected chi connectivity index (χ4v) is 9.84. The molecule has 1 aromatic rings. The van der Waals surface area contributed by atoms with Crippen molar-refractivity contribution in [1.29, 1.82) is 0 Å². The first-order chi connectivity index (χ1) is 13.4. The minimum Gasteiger partial charge on any atom is -0.462 e. The van der Waals surface area contributed by atoms with Gasteiger partial charge in [0, 0.05) is 3.57 Å². The lowest BCUT2D eigenvalue weighted by molar-refractivity contribution is -0.158. The topological polar surface area (TPSA) is 52.6 Å². The first kappa shape index (κ1) is 25.7. The van der Waals surface area contributed by atoms with Gasteiger partial charge >= 0.3 is 11.9 Å². The van der Waals surface area contributed by atoms with Gasteiger partial charge in [-0.3, -0.25) is 0 Å². The number of hydrogen-bond acceptors (Lipinski definition) is 4. The second kappa shape index (κ2) is 10.6. The molecule has 0 bridgehead atoms. The van der Waals surface area contributed by atoms with Crippen molar-refractivity contribution < 1.29 is 19.1 Å². The molecule has 0 aromatic heterocycles. The lowest BCUT2D eigenvalue weighted by atomic mass is 10.1. The molecule has 6 heteroatoms. The summed E-state index contributed by atoms with van der Waals surface area (Å²) in [7, 11) is -2.11. The van der Waals surface area contributed by atoms with Crippen molar-refractivity contribution in [2.45, 2.75) is 77.6 Å². The van der Waals surface area contributed by atoms with E-state index in [-0.39, 0.29) is 6.61 Å². The summed E-state index contributed by atoms with van der Waals surface area (Å²) in [5, 5.41) is 0. The van der Waals surface area contributed by atoms with Crippen molar-refractivity contribution in [3.63, 3.8) is 0 Å². The number of halogens is 1. The molecular formula is C23H33IO4Si. The Morgan fingerprint density at radius 2 is 1.59 bits per heavy atom. The highest BCUT2D eigenvalue weighted by Gasteiger charge is 2.44. The molecule has 0 aliphatic carbocycles. The fraction of sp³-hybridized carbons (Fsp3) is 0.565. The molecule has 1 aromatic carbocycles. The van der Waals surface area contributed by atoms with Crippen molar-refractivity contribution in [2.75, 3.05) is 6.61 Å². The summed E-state index contributed by atoms with van der Waals surface area (Å²) in [5.74, 6) is 1.87. The highest BCUT2D eigenvalue weighted by Crippen LogP contribution is 2.41. The van der Waals surface area contributed by atoms with Gasteiger partial charge in [0.05, 0.1) is 12.2 Å². The summed E-state index contributed by atoms with van der Waals surface area (Å²) in [6.45, 7) is 16.6. The summed E-state index contributed by atoms with van der Waals surface area (Å²) in [6, 6.07) is 7.11. The molecule has 0 radical (unpaired) electrons. The Labute approximate surface area is 190 Å². The summed E-state index contributed by atoms with van der Waals surface area (Å²) in [4.78, 5) is 25.6. The Hall–Kier alpha value is -1.33. The zero-order chi connectivity index (χ0) is 22.4. The average Bonchev–Trinajstić information content (AvgIpc) is 2.61. The number of rotatable bonds is 7. The molecule has 0 fully saturated rings. The molecule has 4 nitrogen and oxygen atoms in total. The third kappa shape index (κ3) is 5.85. The molecule has 0 aliphatic rings. The Kier molecular flexibility index (Phi) is 9.42. The van der Waals surface area contributed by atoms with Gasteiger partial charge in [0.15, 0.2) is 0 Å². The molecule has 0 N–H and O–H groups in total. The second-order valence-corrected chi connectivity index (χ2v) is 15.0. The largest absolute Gasteiger partial charge is 0.462 e. The van der Waals surface area contributed by atoms with Crippen LogP contribution in [0.5, 0.6) is 0 Å². The minimum absolute atomic E-state index is 0.192. The van der Waals surface area contributed by atoms with Crippen LogP contribution in [0, 0.1) is 15.0 Å². The van der Waals surface area contributed by atoms with Gasteiger partial charge in [-0.15, -0.1) is 5.54 Å². The van der Waals surface area contributed by atoms with Gasteiger partial charge in [-0.1, -0.05) is 59.6 Å². The van der Waals surface area contributed by atoms with Crippen LogP contribution in [0.1, 0.15) is 65.7 Å². The third-order valence-corrected chi connectivity index (χ3v) is 12.7. The van der Waals surface area contributed by atoms with Crippen molar-refractivity contribution >= 4 is 42.6 Å². The van der Waals surface area contributed by atoms with E-state index in [4.69, 9.17) is 9.47 Å². The van der Waals surface area contributed by atoms with E-state index >= 15 is 0 Å². The number of ether oxygens (including phenoxy) is 2. The summed E-state index contributed by atoms with van der Waals surface area (Å²) in [6.07, 6.45) is 0. The Morgan fingerprint density at radius 3 is 2.03 bits per heavy atom. The Balaban J connectivity index is 3.46. The van der Waals surface area contributed by atoms with Crippen LogP contribution in [0.2, 0.25) is 16.6 Å². The summed E-state index contributed by atoms with van der Waals surface area (Å²) >= 11 is 2.08. The van der Waals surface area contributed by atoms with Crippen molar-refractivity contribution in [3.05, 3.63) is 33.4 Å². The summed E-state index contributed by atoms with van der Waals surface area (Å²) in [5.41, 5.74) is 3.44. The highest BCUT2D eigenvalue weighted by molar-refractivity contribution is 14.1. The predicted octanol–water partition coefficient (Wildman–Crippen LogP) is 5.99. The molecule has 29 heavy (non-hydrogen) atoms. The number of benzene rings is 1. The van der Waals surface area contributed by atoms with Crippen LogP contribution in [0.15, 0.2) is 24.3 Å². The van der Waals surface area contributed by atoms with Crippen LogP contribution in [0.3, 0.4) is 0 Å². The van der Waals surface area contributed by atoms with Gasteiger partial charge in [-0.25, -0.2) is 9.59 Å². The number of carbonyl (C=O) groups is 2. The zero-order valence-electron chi connectivity index (χ0n) is 18.8. The second-order valence-electron chi connectivity index (χ2n) is 8.27. The zero-order valence-corrected chi connectivity index (χ0v) is 21.9. The predicted molar refractivity (Wildman–Crippen MR) is 128 cm³/mol. The third-order valence-electron chi connectivity index (χ3n) is 5.44. The number of carbonyl (C=O) groups excluding carboxylic acids is 2. The van der Waals surface area contributed by atoms with E-state index in [1.165, 1.54) is 6.92 Å². The van der Waals surface area contributed by atoms with Gasteiger partial charge < -0.3 is 9.47 Å². The van der Waals surface area contributed by atoms with Crippen LogP contribution in [0.25, 0.3) is 0 Å².